The predicted octanol–water partition coefficient (Wildman–Crippen LogP) is 5.25. The fraction of sp³-hybridized carbons (Fsp3) is 0.261. The first-order valence-corrected chi connectivity index (χ1v) is 10.4. The van der Waals surface area contributed by atoms with Crippen LogP contribution in [-0.2, 0) is 12.3 Å². The van der Waals surface area contributed by atoms with E-state index < -0.39 is 0 Å². The van der Waals surface area contributed by atoms with Gasteiger partial charge in [-0.25, -0.2) is 0 Å². The van der Waals surface area contributed by atoms with Gasteiger partial charge < -0.3 is 18.8 Å². The Morgan fingerprint density at radius 3 is 2.48 bits per heavy atom. The van der Waals surface area contributed by atoms with Crippen LogP contribution < -0.4 is 9.47 Å². The van der Waals surface area contributed by atoms with Gasteiger partial charge in [-0.3, -0.25) is 4.79 Å². The van der Waals surface area contributed by atoms with E-state index in [0.717, 1.165) is 16.0 Å². The number of carbonyl (C=O) groups excluding carboxylic acids is 1. The number of hydrogen-bond donors (Lipinski definition) is 0. The van der Waals surface area contributed by atoms with Gasteiger partial charge in [0.2, 0.25) is 0 Å². The van der Waals surface area contributed by atoms with Crippen molar-refractivity contribution in [1.82, 2.24) is 4.90 Å². The molecule has 6 heteroatoms. The van der Waals surface area contributed by atoms with Crippen LogP contribution in [-0.4, -0.2) is 31.6 Å². The molecule has 0 N–H and O–H groups in total. The van der Waals surface area contributed by atoms with Gasteiger partial charge in [0.05, 0.1) is 20.5 Å². The number of rotatable bonds is 9. The smallest absolute Gasteiger partial charge is 0.290 e. The third-order valence-electron chi connectivity index (χ3n) is 4.57. The van der Waals surface area contributed by atoms with E-state index in [2.05, 4.69) is 12.1 Å². The summed E-state index contributed by atoms with van der Waals surface area (Å²) in [4.78, 5) is 16.0. The van der Waals surface area contributed by atoms with Crippen molar-refractivity contribution in [3.63, 3.8) is 0 Å². The minimum absolute atomic E-state index is 0.115. The van der Waals surface area contributed by atoms with E-state index in [0.29, 0.717) is 36.1 Å². The monoisotopic (exact) mass is 411 g/mol. The molecule has 3 aromatic rings. The zero-order valence-electron chi connectivity index (χ0n) is 16.9. The summed E-state index contributed by atoms with van der Waals surface area (Å²) in [6.45, 7) is 2.99. The van der Waals surface area contributed by atoms with E-state index in [1.807, 2.05) is 49.4 Å². The highest BCUT2D eigenvalue weighted by Crippen LogP contribution is 2.29. The van der Waals surface area contributed by atoms with Gasteiger partial charge in [-0.1, -0.05) is 24.3 Å². The van der Waals surface area contributed by atoms with Crippen LogP contribution in [0.15, 0.2) is 70.2 Å². The molecule has 0 saturated carbocycles. The van der Waals surface area contributed by atoms with Crippen LogP contribution in [0, 0.1) is 0 Å². The molecule has 2 aromatic carbocycles. The fourth-order valence-corrected chi connectivity index (χ4v) is 3.88. The SMILES string of the molecule is CCN(Cc1ccc(OC)c(OC)c1)C(=O)c1occc1CSc1ccccc1. The first kappa shape index (κ1) is 20.9. The summed E-state index contributed by atoms with van der Waals surface area (Å²) in [6.07, 6.45) is 1.58. The standard InChI is InChI=1S/C23H25NO4S/c1-4-24(15-17-10-11-20(26-2)21(14-17)27-3)23(25)22-18(12-13-28-22)16-29-19-8-6-5-7-9-19/h5-14H,4,15-16H2,1-3H3. The van der Waals surface area contributed by atoms with E-state index in [1.165, 1.54) is 0 Å². The van der Waals surface area contributed by atoms with E-state index in [1.54, 1.807) is 37.1 Å². The van der Waals surface area contributed by atoms with Gasteiger partial charge in [0.15, 0.2) is 17.3 Å². The molecular formula is C23H25NO4S. The third kappa shape index (κ3) is 5.15. The van der Waals surface area contributed by atoms with Crippen molar-refractivity contribution < 1.29 is 18.7 Å². The highest BCUT2D eigenvalue weighted by molar-refractivity contribution is 7.98. The lowest BCUT2D eigenvalue weighted by Crippen LogP contribution is -2.30. The lowest BCUT2D eigenvalue weighted by molar-refractivity contribution is 0.0719. The number of furan rings is 1. The van der Waals surface area contributed by atoms with Crippen LogP contribution in [0.3, 0.4) is 0 Å². The first-order chi connectivity index (χ1) is 14.2. The van der Waals surface area contributed by atoms with Gasteiger partial charge in [0.25, 0.3) is 5.91 Å². The third-order valence-corrected chi connectivity index (χ3v) is 5.63. The summed E-state index contributed by atoms with van der Waals surface area (Å²) in [6, 6.07) is 17.7. The molecule has 0 unspecified atom stereocenters. The van der Waals surface area contributed by atoms with Crippen molar-refractivity contribution in [2.45, 2.75) is 24.1 Å². The molecule has 29 heavy (non-hydrogen) atoms. The number of carbonyl (C=O) groups is 1. The van der Waals surface area contributed by atoms with E-state index in [-0.39, 0.29) is 5.91 Å². The molecular weight excluding hydrogens is 386 g/mol. The van der Waals surface area contributed by atoms with Crippen LogP contribution in [0.1, 0.15) is 28.6 Å². The maximum absolute atomic E-state index is 13.1. The maximum atomic E-state index is 13.1. The van der Waals surface area contributed by atoms with Gasteiger partial charge in [0, 0.05) is 29.3 Å². The molecule has 0 atom stereocenters. The minimum atomic E-state index is -0.115. The van der Waals surface area contributed by atoms with Crippen LogP contribution in [0.5, 0.6) is 11.5 Å². The average Bonchev–Trinajstić information content (AvgIpc) is 3.24. The number of nitrogens with zero attached hydrogens (tertiary/aromatic N) is 1. The molecule has 0 aliphatic carbocycles. The molecule has 5 nitrogen and oxygen atoms in total. The molecule has 1 aromatic heterocycles. The zero-order valence-corrected chi connectivity index (χ0v) is 17.7. The van der Waals surface area contributed by atoms with Crippen molar-refractivity contribution in [1.29, 1.82) is 0 Å². The predicted molar refractivity (Wildman–Crippen MR) is 115 cm³/mol. The van der Waals surface area contributed by atoms with Crippen LogP contribution in [0.2, 0.25) is 0 Å². The molecule has 0 radical (unpaired) electrons. The molecule has 1 heterocycles. The van der Waals surface area contributed by atoms with Crippen molar-refractivity contribution >= 4 is 17.7 Å². The van der Waals surface area contributed by atoms with Crippen molar-refractivity contribution in [2.75, 3.05) is 20.8 Å². The molecule has 0 fully saturated rings. The van der Waals surface area contributed by atoms with Gasteiger partial charge in [0.1, 0.15) is 0 Å². The summed E-state index contributed by atoms with van der Waals surface area (Å²) in [5.41, 5.74) is 1.86. The Kier molecular flexibility index (Phi) is 7.25. The molecule has 3 rings (SSSR count). The highest BCUT2D eigenvalue weighted by atomic mass is 32.2. The Morgan fingerprint density at radius 2 is 1.79 bits per heavy atom. The van der Waals surface area contributed by atoms with Crippen molar-refractivity contribution in [2.24, 2.45) is 0 Å². The molecule has 0 aliphatic rings. The quantitative estimate of drug-likeness (QED) is 0.450. The topological polar surface area (TPSA) is 51.9 Å². The highest BCUT2D eigenvalue weighted by Gasteiger charge is 2.22. The fourth-order valence-electron chi connectivity index (χ4n) is 2.98. The van der Waals surface area contributed by atoms with E-state index in [9.17, 15) is 4.79 Å². The average molecular weight is 412 g/mol. The molecule has 0 bridgehead atoms. The second kappa shape index (κ2) is 10.1. The summed E-state index contributed by atoms with van der Waals surface area (Å²) in [5.74, 6) is 2.27. The van der Waals surface area contributed by atoms with Gasteiger partial charge in [-0.05, 0) is 42.8 Å². The lowest BCUT2D eigenvalue weighted by Gasteiger charge is -2.21. The number of benzene rings is 2. The molecule has 0 spiro atoms. The Bertz CT molecular complexity index is 939. The summed E-state index contributed by atoms with van der Waals surface area (Å²) < 4.78 is 16.2. The number of ether oxygens (including phenoxy) is 2. The summed E-state index contributed by atoms with van der Waals surface area (Å²) in [5, 5.41) is 0. The minimum Gasteiger partial charge on any atom is -0.493 e. The molecule has 152 valence electrons. The van der Waals surface area contributed by atoms with Crippen LogP contribution in [0.25, 0.3) is 0 Å². The van der Waals surface area contributed by atoms with Crippen molar-refractivity contribution in [3.8, 4) is 11.5 Å². The lowest BCUT2D eigenvalue weighted by atomic mass is 10.1. The molecule has 0 saturated heterocycles. The largest absolute Gasteiger partial charge is 0.493 e. The zero-order chi connectivity index (χ0) is 20.6. The second-order valence-corrected chi connectivity index (χ2v) is 7.43. The number of hydrogen-bond acceptors (Lipinski definition) is 5. The molecule has 0 aliphatic heterocycles. The van der Waals surface area contributed by atoms with Gasteiger partial charge in [-0.15, -0.1) is 11.8 Å². The Morgan fingerprint density at radius 1 is 1.03 bits per heavy atom. The number of methoxy groups -OCH3 is 2. The van der Waals surface area contributed by atoms with Gasteiger partial charge in [-0.2, -0.15) is 0 Å². The van der Waals surface area contributed by atoms with Crippen molar-refractivity contribution in [3.05, 3.63) is 77.7 Å². The summed E-state index contributed by atoms with van der Waals surface area (Å²) >= 11 is 1.68. The Balaban J connectivity index is 1.72. The number of amides is 1. The normalized spacial score (nSPS) is 10.6. The molecule has 1 amide bonds. The van der Waals surface area contributed by atoms with Gasteiger partial charge >= 0.3 is 0 Å². The Labute approximate surface area is 175 Å². The van der Waals surface area contributed by atoms with Crippen LogP contribution in [0.4, 0.5) is 0 Å². The van der Waals surface area contributed by atoms with E-state index >= 15 is 0 Å². The summed E-state index contributed by atoms with van der Waals surface area (Å²) in [7, 11) is 3.20. The van der Waals surface area contributed by atoms with Crippen LogP contribution >= 0.6 is 11.8 Å². The van der Waals surface area contributed by atoms with E-state index in [4.69, 9.17) is 13.9 Å². The first-order valence-electron chi connectivity index (χ1n) is 9.40. The Hall–Kier alpha value is -2.86. The maximum Gasteiger partial charge on any atom is 0.290 e. The second-order valence-electron chi connectivity index (χ2n) is 6.39. The number of thioether (sulfide) groups is 1.